The number of amides is 1. The van der Waals surface area contributed by atoms with Crippen molar-refractivity contribution in [2.75, 3.05) is 4.90 Å². The molecule has 3 aromatic carbocycles. The van der Waals surface area contributed by atoms with E-state index in [-0.39, 0.29) is 30.0 Å². The van der Waals surface area contributed by atoms with Gasteiger partial charge in [0.1, 0.15) is 6.04 Å². The normalized spacial score (nSPS) is 25.6. The number of anilines is 1. The maximum atomic E-state index is 13.6. The van der Waals surface area contributed by atoms with Crippen LogP contribution in [0.1, 0.15) is 34.3 Å². The van der Waals surface area contributed by atoms with Crippen LogP contribution in [0, 0.1) is 19.8 Å². The first-order valence-corrected chi connectivity index (χ1v) is 10.6. The van der Waals surface area contributed by atoms with Crippen LogP contribution in [0.2, 0.25) is 5.02 Å². The van der Waals surface area contributed by atoms with Gasteiger partial charge < -0.3 is 4.90 Å². The summed E-state index contributed by atoms with van der Waals surface area (Å²) < 4.78 is 0. The second-order valence-corrected chi connectivity index (χ2v) is 8.71. The van der Waals surface area contributed by atoms with Crippen LogP contribution in [0.3, 0.4) is 0 Å². The van der Waals surface area contributed by atoms with Crippen molar-refractivity contribution in [2.45, 2.75) is 32.0 Å². The zero-order chi connectivity index (χ0) is 20.8. The Morgan fingerprint density at radius 2 is 1.27 bits per heavy atom. The topological polar surface area (TPSA) is 44.4 Å². The molecule has 0 aliphatic carbocycles. The molecule has 5 heteroatoms. The van der Waals surface area contributed by atoms with Gasteiger partial charge in [0.05, 0.1) is 12.1 Å². The van der Waals surface area contributed by atoms with E-state index in [1.165, 1.54) is 11.1 Å². The van der Waals surface area contributed by atoms with Gasteiger partial charge in [-0.1, -0.05) is 71.3 Å². The minimum absolute atomic E-state index is 0.00188. The summed E-state index contributed by atoms with van der Waals surface area (Å²) in [6.45, 7) is 4.14. The molecule has 1 amide bonds. The summed E-state index contributed by atoms with van der Waals surface area (Å²) in [4.78, 5) is 15.5. The van der Waals surface area contributed by atoms with Crippen molar-refractivity contribution in [3.05, 3.63) is 100 Å². The maximum Gasteiger partial charge on any atom is 0.246 e. The van der Waals surface area contributed by atoms with Crippen molar-refractivity contribution in [2.24, 2.45) is 5.92 Å². The number of benzene rings is 3. The lowest BCUT2D eigenvalue weighted by molar-refractivity contribution is -0.119. The number of hydrogen-bond acceptors (Lipinski definition) is 3. The first kappa shape index (κ1) is 19.3. The fraction of sp³-hybridized carbons (Fsp3) is 0.240. The lowest BCUT2D eigenvalue weighted by Gasteiger charge is -2.31. The molecule has 0 spiro atoms. The van der Waals surface area contributed by atoms with Crippen molar-refractivity contribution in [1.29, 1.82) is 0 Å². The van der Waals surface area contributed by atoms with E-state index >= 15 is 0 Å². The Bertz CT molecular complexity index is 1060. The first-order chi connectivity index (χ1) is 14.5. The molecular weight excluding hydrogens is 394 g/mol. The van der Waals surface area contributed by atoms with Gasteiger partial charge in [0, 0.05) is 16.6 Å². The number of hydrogen-bond donors (Lipinski definition) is 2. The van der Waals surface area contributed by atoms with Gasteiger partial charge in [-0.25, -0.2) is 10.9 Å². The minimum atomic E-state index is -0.293. The van der Waals surface area contributed by atoms with Gasteiger partial charge in [0.2, 0.25) is 5.91 Å². The lowest BCUT2D eigenvalue weighted by atomic mass is 9.83. The third-order valence-electron chi connectivity index (χ3n) is 6.27. The van der Waals surface area contributed by atoms with Crippen LogP contribution in [0.25, 0.3) is 0 Å². The van der Waals surface area contributed by atoms with Gasteiger partial charge in [0.15, 0.2) is 0 Å². The van der Waals surface area contributed by atoms with E-state index in [0.29, 0.717) is 5.02 Å². The maximum absolute atomic E-state index is 13.6. The molecule has 30 heavy (non-hydrogen) atoms. The Balaban J connectivity index is 1.62. The van der Waals surface area contributed by atoms with E-state index in [2.05, 4.69) is 61.1 Å². The number of halogens is 1. The third kappa shape index (κ3) is 3.21. The van der Waals surface area contributed by atoms with Crippen LogP contribution in [0.15, 0.2) is 72.8 Å². The average Bonchev–Trinajstić information content (AvgIpc) is 3.29. The van der Waals surface area contributed by atoms with Crippen LogP contribution < -0.4 is 15.8 Å². The van der Waals surface area contributed by atoms with Crippen LogP contribution in [-0.4, -0.2) is 11.9 Å². The van der Waals surface area contributed by atoms with Gasteiger partial charge in [-0.05, 0) is 49.2 Å². The summed E-state index contributed by atoms with van der Waals surface area (Å²) >= 11 is 6.11. The molecule has 4 nitrogen and oxygen atoms in total. The summed E-state index contributed by atoms with van der Waals surface area (Å²) in [5.74, 6) is 0.140. The van der Waals surface area contributed by atoms with Gasteiger partial charge in [0.25, 0.3) is 0 Å². The highest BCUT2D eigenvalue weighted by molar-refractivity contribution is 6.30. The molecule has 2 aliphatic heterocycles. The van der Waals surface area contributed by atoms with Crippen molar-refractivity contribution in [1.82, 2.24) is 10.9 Å². The third-order valence-corrected chi connectivity index (χ3v) is 6.52. The molecule has 2 N–H and O–H groups in total. The van der Waals surface area contributed by atoms with Gasteiger partial charge in [-0.3, -0.25) is 4.79 Å². The minimum Gasteiger partial charge on any atom is -0.303 e. The van der Waals surface area contributed by atoms with Crippen LogP contribution in [0.5, 0.6) is 0 Å². The molecule has 3 aromatic rings. The van der Waals surface area contributed by atoms with E-state index in [9.17, 15) is 4.79 Å². The summed E-state index contributed by atoms with van der Waals surface area (Å²) in [7, 11) is 0. The molecule has 2 aliphatic rings. The first-order valence-electron chi connectivity index (χ1n) is 10.3. The lowest BCUT2D eigenvalue weighted by Crippen LogP contribution is -2.41. The number of carbonyl (C=O) groups is 1. The summed E-state index contributed by atoms with van der Waals surface area (Å²) in [5.41, 5.74) is 12.2. The number of carbonyl (C=O) groups excluding carboxylic acids is 1. The Labute approximate surface area is 181 Å². The largest absolute Gasteiger partial charge is 0.303 e. The molecule has 4 unspecified atom stereocenters. The Morgan fingerprint density at radius 1 is 0.733 bits per heavy atom. The summed E-state index contributed by atoms with van der Waals surface area (Å²) in [5, 5.41) is 0.708. The van der Waals surface area contributed by atoms with Crippen LogP contribution in [0.4, 0.5) is 5.69 Å². The van der Waals surface area contributed by atoms with E-state index in [4.69, 9.17) is 11.6 Å². The second-order valence-electron chi connectivity index (χ2n) is 8.27. The second kappa shape index (κ2) is 7.55. The Kier molecular flexibility index (Phi) is 4.86. The molecule has 152 valence electrons. The van der Waals surface area contributed by atoms with Crippen molar-refractivity contribution < 1.29 is 4.79 Å². The van der Waals surface area contributed by atoms with Crippen molar-refractivity contribution in [3.8, 4) is 0 Å². The molecular formula is C25H24ClN3O. The molecule has 0 aromatic heterocycles. The molecule has 2 fully saturated rings. The quantitative estimate of drug-likeness (QED) is 0.638. The molecule has 0 bridgehead atoms. The Hall–Kier alpha value is -2.66. The number of fused-ring (bicyclic) bond motifs is 1. The predicted molar refractivity (Wildman–Crippen MR) is 120 cm³/mol. The fourth-order valence-corrected chi connectivity index (χ4v) is 4.84. The highest BCUT2D eigenvalue weighted by atomic mass is 35.5. The zero-order valence-electron chi connectivity index (χ0n) is 17.0. The highest BCUT2D eigenvalue weighted by Gasteiger charge is 2.55. The van der Waals surface area contributed by atoms with Gasteiger partial charge in [-0.15, -0.1) is 0 Å². The monoisotopic (exact) mass is 417 g/mol. The number of rotatable bonds is 3. The van der Waals surface area contributed by atoms with Gasteiger partial charge >= 0.3 is 0 Å². The molecule has 4 atom stereocenters. The van der Waals surface area contributed by atoms with Crippen LogP contribution >= 0.6 is 11.6 Å². The smallest absolute Gasteiger partial charge is 0.246 e. The molecule has 0 saturated carbocycles. The number of hydrazine groups is 1. The predicted octanol–water partition coefficient (Wildman–Crippen LogP) is 4.88. The molecule has 5 rings (SSSR count). The van der Waals surface area contributed by atoms with E-state index in [1.807, 2.05) is 41.3 Å². The molecule has 2 heterocycles. The Morgan fingerprint density at radius 3 is 1.90 bits per heavy atom. The summed E-state index contributed by atoms with van der Waals surface area (Å²) in [6.07, 6.45) is 0. The van der Waals surface area contributed by atoms with Crippen molar-refractivity contribution >= 4 is 23.2 Å². The average molecular weight is 418 g/mol. The SMILES string of the molecule is Cc1ccc(C2C3C(NNC3c3ccc(Cl)cc3)C(=O)N2c2ccc(C)cc2)cc1. The van der Waals surface area contributed by atoms with E-state index in [1.54, 1.807) is 0 Å². The van der Waals surface area contributed by atoms with E-state index in [0.717, 1.165) is 16.8 Å². The molecule has 2 saturated heterocycles. The standard InChI is InChI=1S/C25H24ClN3O/c1-15-3-7-18(8-4-15)24-21-22(17-9-11-19(26)12-10-17)27-28-23(21)25(30)29(24)20-13-5-16(2)6-14-20/h3-14,21-24,27-28H,1-2H3. The van der Waals surface area contributed by atoms with E-state index < -0.39 is 0 Å². The van der Waals surface area contributed by atoms with Crippen LogP contribution in [-0.2, 0) is 4.79 Å². The number of nitrogens with one attached hydrogen (secondary N) is 2. The number of nitrogens with zero attached hydrogens (tertiary/aromatic N) is 1. The summed E-state index contributed by atoms with van der Waals surface area (Å²) in [6, 6.07) is 24.2. The fourth-order valence-electron chi connectivity index (χ4n) is 4.72. The van der Waals surface area contributed by atoms with Crippen molar-refractivity contribution in [3.63, 3.8) is 0 Å². The zero-order valence-corrected chi connectivity index (χ0v) is 17.7. The number of aryl methyl sites for hydroxylation is 2. The highest BCUT2D eigenvalue weighted by Crippen LogP contribution is 2.48. The molecule has 0 radical (unpaired) electrons. The van der Waals surface area contributed by atoms with Gasteiger partial charge in [-0.2, -0.15) is 0 Å².